The van der Waals surface area contributed by atoms with E-state index in [1.54, 1.807) is 7.11 Å². The van der Waals surface area contributed by atoms with E-state index in [1.165, 1.54) is 18.4 Å². The van der Waals surface area contributed by atoms with Crippen molar-refractivity contribution in [1.82, 2.24) is 0 Å². The van der Waals surface area contributed by atoms with Gasteiger partial charge in [0.1, 0.15) is 0 Å². The topological polar surface area (TPSA) is 46.5 Å². The molecule has 0 bridgehead atoms. The summed E-state index contributed by atoms with van der Waals surface area (Å²) in [5.74, 6) is 1.33. The molecule has 3 fully saturated rings. The molecule has 0 saturated heterocycles. The van der Waals surface area contributed by atoms with E-state index in [-0.39, 0.29) is 45.1 Å². The quantitative estimate of drug-likeness (QED) is 0.330. The van der Waals surface area contributed by atoms with Gasteiger partial charge in [0, 0.05) is 11.3 Å². The Hall–Kier alpha value is -1.09. The molecule has 0 unspecified atom stereocenters. The van der Waals surface area contributed by atoms with Crippen molar-refractivity contribution in [1.29, 1.82) is 0 Å². The SMILES string of the molecule is COC(=O)[C@@]12C=C[C@]3(C)C(=CC[C@@H]4[C@@]5(C)CC[C@H](O)C(C)(C)[C@@H]5CC[C@]43C)[C@@H]1CC(C)(C)CC2. The van der Waals surface area contributed by atoms with Crippen LogP contribution in [0.2, 0.25) is 0 Å². The summed E-state index contributed by atoms with van der Waals surface area (Å²) in [5.41, 5.74) is 1.56. The Kier molecular flexibility index (Phi) is 5.23. The second-order valence-corrected chi connectivity index (χ2v) is 14.8. The van der Waals surface area contributed by atoms with Crippen molar-refractivity contribution < 1.29 is 14.6 Å². The summed E-state index contributed by atoms with van der Waals surface area (Å²) >= 11 is 0. The zero-order chi connectivity index (χ0) is 24.9. The van der Waals surface area contributed by atoms with Gasteiger partial charge in [-0.05, 0) is 84.9 Å². The highest BCUT2D eigenvalue weighted by atomic mass is 16.5. The molecule has 0 heterocycles. The van der Waals surface area contributed by atoms with Gasteiger partial charge in [-0.15, -0.1) is 0 Å². The highest BCUT2D eigenvalue weighted by Crippen LogP contribution is 2.74. The van der Waals surface area contributed by atoms with Crippen molar-refractivity contribution in [3.05, 3.63) is 23.8 Å². The van der Waals surface area contributed by atoms with E-state index in [2.05, 4.69) is 66.7 Å². The molecule has 1 N–H and O–H groups in total. The first-order chi connectivity index (χ1) is 15.7. The Morgan fingerprint density at radius 3 is 2.32 bits per heavy atom. The van der Waals surface area contributed by atoms with Gasteiger partial charge in [-0.1, -0.05) is 72.3 Å². The summed E-state index contributed by atoms with van der Waals surface area (Å²) in [6, 6.07) is 0. The lowest BCUT2D eigenvalue weighted by molar-refractivity contribution is -0.191. The van der Waals surface area contributed by atoms with E-state index in [0.29, 0.717) is 11.8 Å². The number of carbonyl (C=O) groups is 1. The summed E-state index contributed by atoms with van der Waals surface area (Å²) in [6.45, 7) is 17.0. The second kappa shape index (κ2) is 7.24. The van der Waals surface area contributed by atoms with Gasteiger partial charge in [-0.3, -0.25) is 4.79 Å². The predicted octanol–water partition coefficient (Wildman–Crippen LogP) is 7.10. The van der Waals surface area contributed by atoms with Crippen LogP contribution in [0.5, 0.6) is 0 Å². The molecule has 0 aromatic rings. The van der Waals surface area contributed by atoms with Crippen LogP contribution in [-0.4, -0.2) is 24.3 Å². The number of hydrogen-bond donors (Lipinski definition) is 1. The number of ether oxygens (including phenoxy) is 1. The molecular formula is C31H48O3. The molecule has 0 radical (unpaired) electrons. The summed E-state index contributed by atoms with van der Waals surface area (Å²) < 4.78 is 5.44. The van der Waals surface area contributed by atoms with Gasteiger partial charge in [-0.25, -0.2) is 0 Å². The molecule has 3 nitrogen and oxygen atoms in total. The number of rotatable bonds is 1. The number of carbonyl (C=O) groups excluding carboxylic acids is 1. The monoisotopic (exact) mass is 468 g/mol. The number of fused-ring (bicyclic) bond motifs is 7. The molecule has 3 heteroatoms. The summed E-state index contributed by atoms with van der Waals surface area (Å²) in [5, 5.41) is 10.9. The van der Waals surface area contributed by atoms with Gasteiger partial charge in [0.2, 0.25) is 0 Å². The molecule has 34 heavy (non-hydrogen) atoms. The van der Waals surface area contributed by atoms with Crippen LogP contribution in [0.3, 0.4) is 0 Å². The van der Waals surface area contributed by atoms with Gasteiger partial charge >= 0.3 is 5.97 Å². The molecule has 0 aromatic heterocycles. The summed E-state index contributed by atoms with van der Waals surface area (Å²) in [4.78, 5) is 13.3. The second-order valence-electron chi connectivity index (χ2n) is 14.8. The van der Waals surface area contributed by atoms with Gasteiger partial charge in [0.25, 0.3) is 0 Å². The lowest BCUT2D eigenvalue weighted by Crippen LogP contribution is -2.64. The molecule has 5 aliphatic carbocycles. The molecule has 8 atom stereocenters. The average molecular weight is 469 g/mol. The van der Waals surface area contributed by atoms with Crippen molar-refractivity contribution in [3.8, 4) is 0 Å². The maximum atomic E-state index is 13.3. The van der Waals surface area contributed by atoms with Gasteiger partial charge in [0.05, 0.1) is 18.6 Å². The molecule has 0 aliphatic heterocycles. The van der Waals surface area contributed by atoms with E-state index in [0.717, 1.165) is 38.5 Å². The molecule has 0 amide bonds. The standard InChI is InChI=1S/C31H48O3/c1-26(2)15-17-31(25(33)34-8)18-16-29(6)20(21(31)19-26)9-10-23-28(5)13-12-24(32)27(3,4)22(28)11-14-30(23,29)7/h9,16,18,21-24,32H,10-15,17,19H2,1-8H3/t21-,22-,23+,24-,28-,29+,30+,31-/m0/s1. The van der Waals surface area contributed by atoms with Crippen molar-refractivity contribution in [2.45, 2.75) is 106 Å². The molecule has 5 aliphatic rings. The van der Waals surface area contributed by atoms with Crippen LogP contribution in [0.1, 0.15) is 99.8 Å². The van der Waals surface area contributed by atoms with E-state index >= 15 is 0 Å². The number of aliphatic hydroxyl groups is 1. The zero-order valence-electron chi connectivity index (χ0n) is 23.0. The van der Waals surface area contributed by atoms with Crippen molar-refractivity contribution >= 4 is 5.97 Å². The predicted molar refractivity (Wildman–Crippen MR) is 137 cm³/mol. The fourth-order valence-corrected chi connectivity index (χ4v) is 10.2. The number of aliphatic hydroxyl groups excluding tert-OH is 1. The van der Waals surface area contributed by atoms with Crippen LogP contribution < -0.4 is 0 Å². The lowest BCUT2D eigenvalue weighted by atomic mass is 9.34. The van der Waals surface area contributed by atoms with Crippen LogP contribution in [0.25, 0.3) is 0 Å². The first-order valence-corrected chi connectivity index (χ1v) is 13.9. The largest absolute Gasteiger partial charge is 0.468 e. The number of esters is 1. The Morgan fingerprint density at radius 2 is 1.65 bits per heavy atom. The minimum atomic E-state index is -0.503. The van der Waals surface area contributed by atoms with E-state index in [9.17, 15) is 9.90 Å². The highest BCUT2D eigenvalue weighted by molar-refractivity contribution is 5.81. The minimum Gasteiger partial charge on any atom is -0.468 e. The smallest absolute Gasteiger partial charge is 0.316 e. The van der Waals surface area contributed by atoms with Gasteiger partial charge in [0.15, 0.2) is 0 Å². The van der Waals surface area contributed by atoms with Crippen LogP contribution in [0.4, 0.5) is 0 Å². The van der Waals surface area contributed by atoms with Crippen molar-refractivity contribution in [2.75, 3.05) is 7.11 Å². The van der Waals surface area contributed by atoms with Gasteiger partial charge < -0.3 is 9.84 Å². The van der Waals surface area contributed by atoms with Crippen LogP contribution in [0.15, 0.2) is 23.8 Å². The molecule has 3 saturated carbocycles. The molecular weight excluding hydrogens is 420 g/mol. The number of hydrogen-bond acceptors (Lipinski definition) is 3. The molecule has 0 aromatic carbocycles. The van der Waals surface area contributed by atoms with Crippen LogP contribution >= 0.6 is 0 Å². The number of methoxy groups -OCH3 is 1. The normalized spacial score (nSPS) is 50.7. The maximum absolute atomic E-state index is 13.3. The third-order valence-corrected chi connectivity index (χ3v) is 12.6. The van der Waals surface area contributed by atoms with Crippen molar-refractivity contribution in [2.24, 2.45) is 50.2 Å². The fraction of sp³-hybridized carbons (Fsp3) is 0.839. The lowest BCUT2D eigenvalue weighted by Gasteiger charge is -2.70. The summed E-state index contributed by atoms with van der Waals surface area (Å²) in [7, 11) is 1.56. The zero-order valence-corrected chi connectivity index (χ0v) is 23.0. The Balaban J connectivity index is 1.62. The minimum absolute atomic E-state index is 0.0327. The Bertz CT molecular complexity index is 942. The highest BCUT2D eigenvalue weighted by Gasteiger charge is 2.68. The van der Waals surface area contributed by atoms with E-state index in [4.69, 9.17) is 4.74 Å². The molecule has 190 valence electrons. The van der Waals surface area contributed by atoms with Crippen LogP contribution in [0, 0.1) is 50.2 Å². The van der Waals surface area contributed by atoms with E-state index in [1.807, 2.05) is 0 Å². The Morgan fingerprint density at radius 1 is 0.941 bits per heavy atom. The first kappa shape index (κ1) is 24.6. The first-order valence-electron chi connectivity index (χ1n) is 13.9. The third kappa shape index (κ3) is 2.88. The Labute approximate surface area is 207 Å². The third-order valence-electron chi connectivity index (χ3n) is 12.6. The van der Waals surface area contributed by atoms with E-state index < -0.39 is 5.41 Å². The maximum Gasteiger partial charge on any atom is 0.316 e. The fourth-order valence-electron chi connectivity index (χ4n) is 10.2. The van der Waals surface area contributed by atoms with Crippen molar-refractivity contribution in [3.63, 3.8) is 0 Å². The summed E-state index contributed by atoms with van der Waals surface area (Å²) in [6.07, 6.45) is 15.6. The number of allylic oxidation sites excluding steroid dienone is 3. The molecule has 5 rings (SSSR count). The average Bonchev–Trinajstić information content (AvgIpc) is 2.76. The van der Waals surface area contributed by atoms with Crippen LogP contribution in [-0.2, 0) is 9.53 Å². The van der Waals surface area contributed by atoms with Gasteiger partial charge in [-0.2, -0.15) is 0 Å². The molecule has 0 spiro atoms.